The molecule has 2 aromatic rings. The van der Waals surface area contributed by atoms with Crippen LogP contribution in [0.4, 0.5) is 0 Å². The summed E-state index contributed by atoms with van der Waals surface area (Å²) >= 11 is 0. The Morgan fingerprint density at radius 2 is 2.06 bits per heavy atom. The molecule has 0 spiro atoms. The predicted molar refractivity (Wildman–Crippen MR) is 68.4 cm³/mol. The molecule has 90 valence electrons. The van der Waals surface area contributed by atoms with Crippen molar-refractivity contribution in [2.24, 2.45) is 0 Å². The van der Waals surface area contributed by atoms with Crippen LogP contribution in [0.2, 0.25) is 0 Å². The monoisotopic (exact) mass is 240 g/mol. The number of pyridine rings is 1. The smallest absolute Gasteiger partial charge is 0.266 e. The van der Waals surface area contributed by atoms with E-state index in [2.05, 4.69) is 4.98 Å². The number of benzene rings is 1. The van der Waals surface area contributed by atoms with Crippen molar-refractivity contribution in [1.82, 2.24) is 4.98 Å². The van der Waals surface area contributed by atoms with Crippen LogP contribution in [-0.2, 0) is 0 Å². The molecular formula is C14H12N2O2. The highest BCUT2D eigenvalue weighted by molar-refractivity contribution is 5.75. The van der Waals surface area contributed by atoms with Gasteiger partial charge in [-0.2, -0.15) is 5.26 Å². The van der Waals surface area contributed by atoms with E-state index in [-0.39, 0.29) is 11.1 Å². The highest BCUT2D eigenvalue weighted by Gasteiger charge is 2.12. The molecule has 2 rings (SSSR count). The minimum Gasteiger partial charge on any atom is -0.493 e. The number of ether oxygens (including phenoxy) is 1. The average Bonchev–Trinajstić information content (AvgIpc) is 2.39. The first-order valence-electron chi connectivity index (χ1n) is 5.62. The van der Waals surface area contributed by atoms with Gasteiger partial charge in [-0.3, -0.25) is 4.79 Å². The molecule has 0 amide bonds. The third kappa shape index (κ3) is 2.11. The Hall–Kier alpha value is -2.54. The van der Waals surface area contributed by atoms with Gasteiger partial charge in [0.1, 0.15) is 17.4 Å². The molecule has 0 aliphatic rings. The second kappa shape index (κ2) is 5.19. The lowest BCUT2D eigenvalue weighted by Gasteiger charge is -2.10. The van der Waals surface area contributed by atoms with E-state index in [9.17, 15) is 4.79 Å². The van der Waals surface area contributed by atoms with Crippen molar-refractivity contribution < 1.29 is 4.74 Å². The molecule has 4 heteroatoms. The van der Waals surface area contributed by atoms with Gasteiger partial charge in [0.05, 0.1) is 6.61 Å². The number of H-pyrrole nitrogens is 1. The van der Waals surface area contributed by atoms with Crippen LogP contribution in [-0.4, -0.2) is 11.6 Å². The molecule has 1 aromatic carbocycles. The molecule has 0 fully saturated rings. The lowest BCUT2D eigenvalue weighted by Crippen LogP contribution is -2.10. The second-order valence-corrected chi connectivity index (χ2v) is 3.64. The first kappa shape index (κ1) is 11.9. The number of rotatable bonds is 3. The van der Waals surface area contributed by atoms with Crippen molar-refractivity contribution in [1.29, 1.82) is 5.26 Å². The maximum atomic E-state index is 11.6. The van der Waals surface area contributed by atoms with Crippen LogP contribution in [0.3, 0.4) is 0 Å². The normalized spacial score (nSPS) is 9.78. The molecule has 0 radical (unpaired) electrons. The number of aromatic amines is 1. The number of nitriles is 1. The van der Waals surface area contributed by atoms with Crippen LogP contribution in [0, 0.1) is 11.3 Å². The summed E-state index contributed by atoms with van der Waals surface area (Å²) in [6.07, 6.45) is 1.53. The second-order valence-electron chi connectivity index (χ2n) is 3.64. The minimum absolute atomic E-state index is 0.102. The van der Waals surface area contributed by atoms with Gasteiger partial charge in [-0.15, -0.1) is 0 Å². The Labute approximate surface area is 104 Å². The zero-order valence-electron chi connectivity index (χ0n) is 9.93. The van der Waals surface area contributed by atoms with Crippen molar-refractivity contribution in [3.8, 4) is 22.9 Å². The standard InChI is InChI=1S/C14H12N2O2/c1-2-18-13-6-4-3-5-11(13)10-7-8-16-14(17)12(10)9-15/h3-8H,2H2,1H3,(H,16,17). The van der Waals surface area contributed by atoms with Gasteiger partial charge in [0, 0.05) is 17.3 Å². The van der Waals surface area contributed by atoms with Crippen LogP contribution < -0.4 is 10.3 Å². The first-order chi connectivity index (χ1) is 8.77. The highest BCUT2D eigenvalue weighted by atomic mass is 16.5. The maximum absolute atomic E-state index is 11.6. The highest BCUT2D eigenvalue weighted by Crippen LogP contribution is 2.30. The Kier molecular flexibility index (Phi) is 3.44. The number of hydrogen-bond donors (Lipinski definition) is 1. The molecule has 0 bridgehead atoms. The molecule has 1 aromatic heterocycles. The SMILES string of the molecule is CCOc1ccccc1-c1cc[nH]c(=O)c1C#N. The molecule has 0 aliphatic heterocycles. The summed E-state index contributed by atoms with van der Waals surface area (Å²) < 4.78 is 5.51. The van der Waals surface area contributed by atoms with E-state index in [1.807, 2.05) is 37.3 Å². The zero-order chi connectivity index (χ0) is 13.0. The van der Waals surface area contributed by atoms with Crippen molar-refractivity contribution >= 4 is 0 Å². The Balaban J connectivity index is 2.67. The quantitative estimate of drug-likeness (QED) is 0.895. The van der Waals surface area contributed by atoms with Gasteiger partial charge in [-0.1, -0.05) is 18.2 Å². The number of nitrogens with one attached hydrogen (secondary N) is 1. The van der Waals surface area contributed by atoms with Gasteiger partial charge >= 0.3 is 0 Å². The van der Waals surface area contributed by atoms with Crippen LogP contribution in [0.5, 0.6) is 5.75 Å². The van der Waals surface area contributed by atoms with E-state index in [1.165, 1.54) is 6.20 Å². The molecule has 0 aliphatic carbocycles. The fourth-order valence-electron chi connectivity index (χ4n) is 1.78. The molecule has 4 nitrogen and oxygen atoms in total. The van der Waals surface area contributed by atoms with E-state index in [4.69, 9.17) is 10.00 Å². The van der Waals surface area contributed by atoms with Crippen molar-refractivity contribution in [2.45, 2.75) is 6.92 Å². The molecule has 0 saturated heterocycles. The summed E-state index contributed by atoms with van der Waals surface area (Å²) in [5.41, 5.74) is 1.05. The summed E-state index contributed by atoms with van der Waals surface area (Å²) in [6, 6.07) is 11.0. The first-order valence-corrected chi connectivity index (χ1v) is 5.62. The van der Waals surface area contributed by atoms with Crippen LogP contribution in [0.25, 0.3) is 11.1 Å². The fourth-order valence-corrected chi connectivity index (χ4v) is 1.78. The summed E-state index contributed by atoms with van der Waals surface area (Å²) in [5.74, 6) is 0.669. The van der Waals surface area contributed by atoms with E-state index in [0.717, 1.165) is 5.56 Å². The van der Waals surface area contributed by atoms with E-state index >= 15 is 0 Å². The largest absolute Gasteiger partial charge is 0.493 e. The van der Waals surface area contributed by atoms with Gasteiger partial charge in [-0.05, 0) is 19.1 Å². The maximum Gasteiger partial charge on any atom is 0.266 e. The van der Waals surface area contributed by atoms with Crippen LogP contribution in [0.15, 0.2) is 41.3 Å². The molecule has 1 N–H and O–H groups in total. The fraction of sp³-hybridized carbons (Fsp3) is 0.143. The third-order valence-corrected chi connectivity index (χ3v) is 2.55. The van der Waals surface area contributed by atoms with Gasteiger partial charge in [0.25, 0.3) is 5.56 Å². The molecular weight excluding hydrogens is 228 g/mol. The summed E-state index contributed by atoms with van der Waals surface area (Å²) in [6.45, 7) is 2.42. The number of hydrogen-bond acceptors (Lipinski definition) is 3. The van der Waals surface area contributed by atoms with E-state index in [0.29, 0.717) is 17.9 Å². The molecule has 18 heavy (non-hydrogen) atoms. The Bertz CT molecular complexity index is 653. The van der Waals surface area contributed by atoms with Crippen molar-refractivity contribution in [3.05, 3.63) is 52.4 Å². The number of nitrogens with zero attached hydrogens (tertiary/aromatic N) is 1. The lowest BCUT2D eigenvalue weighted by molar-refractivity contribution is 0.341. The topological polar surface area (TPSA) is 65.9 Å². The Morgan fingerprint density at radius 1 is 1.28 bits per heavy atom. The van der Waals surface area contributed by atoms with Gasteiger partial charge in [0.15, 0.2) is 0 Å². The number of para-hydroxylation sites is 1. The average molecular weight is 240 g/mol. The van der Waals surface area contributed by atoms with Gasteiger partial charge in [-0.25, -0.2) is 0 Å². The summed E-state index contributed by atoms with van der Waals surface area (Å²) in [5, 5.41) is 9.07. The molecule has 1 heterocycles. The predicted octanol–water partition coefficient (Wildman–Crippen LogP) is 2.31. The van der Waals surface area contributed by atoms with E-state index in [1.54, 1.807) is 6.07 Å². The summed E-state index contributed by atoms with van der Waals surface area (Å²) in [4.78, 5) is 14.1. The Morgan fingerprint density at radius 3 is 2.78 bits per heavy atom. The van der Waals surface area contributed by atoms with Gasteiger partial charge < -0.3 is 9.72 Å². The zero-order valence-corrected chi connectivity index (χ0v) is 9.93. The lowest BCUT2D eigenvalue weighted by atomic mass is 10.0. The van der Waals surface area contributed by atoms with Gasteiger partial charge in [0.2, 0.25) is 0 Å². The molecule has 0 saturated carbocycles. The number of aromatic nitrogens is 1. The summed E-state index contributed by atoms with van der Waals surface area (Å²) in [7, 11) is 0. The van der Waals surface area contributed by atoms with Crippen LogP contribution >= 0.6 is 0 Å². The van der Waals surface area contributed by atoms with Crippen molar-refractivity contribution in [3.63, 3.8) is 0 Å². The molecule has 0 unspecified atom stereocenters. The van der Waals surface area contributed by atoms with Crippen molar-refractivity contribution in [2.75, 3.05) is 6.61 Å². The van der Waals surface area contributed by atoms with E-state index < -0.39 is 0 Å². The van der Waals surface area contributed by atoms with Crippen LogP contribution in [0.1, 0.15) is 12.5 Å². The minimum atomic E-state index is -0.388. The third-order valence-electron chi connectivity index (χ3n) is 2.55. The molecule has 0 atom stereocenters.